The van der Waals surface area contributed by atoms with Gasteiger partial charge in [0.1, 0.15) is 11.5 Å². The van der Waals surface area contributed by atoms with Crippen LogP contribution < -0.4 is 0 Å². The molecule has 4 nitrogen and oxygen atoms in total. The molecule has 18 heavy (non-hydrogen) atoms. The van der Waals surface area contributed by atoms with E-state index in [0.717, 1.165) is 25.7 Å². The van der Waals surface area contributed by atoms with E-state index in [4.69, 9.17) is 0 Å². The van der Waals surface area contributed by atoms with Crippen molar-refractivity contribution in [3.05, 3.63) is 0 Å². The number of carbonyl (C=O) groups excluding carboxylic acids is 2. The maximum Gasteiger partial charge on any atom is 0.235 e. The zero-order chi connectivity index (χ0) is 13.0. The van der Waals surface area contributed by atoms with Gasteiger partial charge in [-0.1, -0.05) is 19.3 Å². The predicted octanol–water partition coefficient (Wildman–Crippen LogP) is 1.26. The first kappa shape index (κ1) is 13.7. The molecule has 0 spiro atoms. The highest BCUT2D eigenvalue weighted by Crippen LogP contribution is 2.22. The van der Waals surface area contributed by atoms with Gasteiger partial charge in [-0.05, 0) is 12.8 Å². The quantitative estimate of drug-likeness (QED) is 0.776. The summed E-state index contributed by atoms with van der Waals surface area (Å²) in [6.45, 7) is 1.03. The lowest BCUT2D eigenvalue weighted by Crippen LogP contribution is -2.41. The molecule has 1 aliphatic heterocycles. The molecule has 0 N–H and O–H groups in total. The van der Waals surface area contributed by atoms with Crippen LogP contribution in [0.4, 0.5) is 0 Å². The predicted molar refractivity (Wildman–Crippen MR) is 70.7 cm³/mol. The fourth-order valence-electron chi connectivity index (χ4n) is 2.66. The van der Waals surface area contributed by atoms with Crippen LogP contribution in [-0.4, -0.2) is 44.9 Å². The summed E-state index contributed by atoms with van der Waals surface area (Å²) in [4.78, 5) is 24.8. The van der Waals surface area contributed by atoms with Gasteiger partial charge in [-0.3, -0.25) is 13.8 Å². The van der Waals surface area contributed by atoms with Crippen molar-refractivity contribution >= 4 is 22.5 Å². The number of hydrogen-bond acceptors (Lipinski definition) is 3. The van der Waals surface area contributed by atoms with Gasteiger partial charge in [0.05, 0.1) is 0 Å². The summed E-state index contributed by atoms with van der Waals surface area (Å²) >= 11 is 0. The van der Waals surface area contributed by atoms with Crippen molar-refractivity contribution < 1.29 is 13.8 Å². The van der Waals surface area contributed by atoms with Crippen molar-refractivity contribution in [1.82, 2.24) is 4.90 Å². The molecule has 0 aromatic heterocycles. The van der Waals surface area contributed by atoms with E-state index in [1.807, 2.05) is 0 Å². The maximum absolute atomic E-state index is 12.1. The third-order valence-electron chi connectivity index (χ3n) is 3.86. The number of rotatable bonds is 3. The summed E-state index contributed by atoms with van der Waals surface area (Å²) < 4.78 is 12.1. The van der Waals surface area contributed by atoms with E-state index < -0.39 is 10.8 Å². The molecule has 0 aromatic rings. The Kier molecular flexibility index (Phi) is 4.92. The van der Waals surface area contributed by atoms with Gasteiger partial charge >= 0.3 is 0 Å². The smallest absolute Gasteiger partial charge is 0.235 e. The van der Waals surface area contributed by atoms with Crippen LogP contribution in [0.25, 0.3) is 0 Å². The molecule has 1 saturated heterocycles. The van der Waals surface area contributed by atoms with Gasteiger partial charge in [0.15, 0.2) is 0 Å². The zero-order valence-corrected chi connectivity index (χ0v) is 11.5. The van der Waals surface area contributed by atoms with E-state index in [1.54, 1.807) is 4.90 Å². The normalized spacial score (nSPS) is 24.0. The molecule has 1 saturated carbocycles. The minimum Gasteiger partial charge on any atom is -0.341 e. The van der Waals surface area contributed by atoms with Gasteiger partial charge in [-0.2, -0.15) is 0 Å². The minimum absolute atomic E-state index is 0.0357. The van der Waals surface area contributed by atoms with Crippen LogP contribution in [-0.2, 0) is 20.4 Å². The Morgan fingerprint density at radius 2 is 1.78 bits per heavy atom. The lowest BCUT2D eigenvalue weighted by molar-refractivity contribution is -0.132. The highest BCUT2D eigenvalue weighted by molar-refractivity contribution is 7.86. The Morgan fingerprint density at radius 1 is 1.17 bits per heavy atom. The maximum atomic E-state index is 12.1. The van der Waals surface area contributed by atoms with Crippen LogP contribution in [0.2, 0.25) is 0 Å². The summed E-state index contributed by atoms with van der Waals surface area (Å²) in [7, 11) is -1.02. The Labute approximate surface area is 111 Å². The third kappa shape index (κ3) is 3.64. The molecule has 2 aliphatic rings. The van der Waals surface area contributed by atoms with Crippen molar-refractivity contribution in [1.29, 1.82) is 0 Å². The van der Waals surface area contributed by atoms with Crippen molar-refractivity contribution in [2.24, 2.45) is 0 Å². The number of piperidine rings is 1. The molecule has 2 fully saturated rings. The van der Waals surface area contributed by atoms with Crippen LogP contribution in [0, 0.1) is 0 Å². The van der Waals surface area contributed by atoms with Crippen LogP contribution in [0.3, 0.4) is 0 Å². The first-order valence-corrected chi connectivity index (χ1v) is 8.21. The average molecular weight is 271 g/mol. The fraction of sp³-hybridized carbons (Fsp3) is 0.846. The largest absolute Gasteiger partial charge is 0.341 e. The highest BCUT2D eigenvalue weighted by Gasteiger charge is 2.26. The SMILES string of the molecule is O=C1CCN(C(=O)CS(=O)C2CCCCC2)CC1. The molecule has 1 heterocycles. The summed E-state index contributed by atoms with van der Waals surface area (Å²) in [6, 6.07) is 0. The molecule has 5 heteroatoms. The van der Waals surface area contributed by atoms with E-state index >= 15 is 0 Å². The minimum atomic E-state index is -1.02. The van der Waals surface area contributed by atoms with Crippen molar-refractivity contribution in [2.75, 3.05) is 18.8 Å². The number of Topliss-reactive ketones (excluding diaryl/α,β-unsaturated/α-hetero) is 1. The van der Waals surface area contributed by atoms with E-state index in [2.05, 4.69) is 0 Å². The van der Waals surface area contributed by atoms with Crippen molar-refractivity contribution in [3.8, 4) is 0 Å². The topological polar surface area (TPSA) is 54.5 Å². The number of nitrogens with zero attached hydrogens (tertiary/aromatic N) is 1. The van der Waals surface area contributed by atoms with E-state index in [9.17, 15) is 13.8 Å². The third-order valence-corrected chi connectivity index (χ3v) is 5.61. The van der Waals surface area contributed by atoms with Gasteiger partial charge < -0.3 is 4.90 Å². The molecule has 1 aliphatic carbocycles. The standard InChI is InChI=1S/C13H21NO3S/c15-11-6-8-14(9-7-11)13(16)10-18(17)12-4-2-1-3-5-12/h12H,1-10H2. The zero-order valence-electron chi connectivity index (χ0n) is 10.7. The lowest BCUT2D eigenvalue weighted by atomic mass is 10.0. The summed E-state index contributed by atoms with van der Waals surface area (Å²) in [5.41, 5.74) is 0. The van der Waals surface area contributed by atoms with Gasteiger partial charge in [0.2, 0.25) is 5.91 Å². The summed E-state index contributed by atoms with van der Waals surface area (Å²) in [5.74, 6) is 0.345. The van der Waals surface area contributed by atoms with E-state index in [1.165, 1.54) is 6.42 Å². The molecule has 1 amide bonds. The first-order chi connectivity index (χ1) is 8.66. The molecule has 2 rings (SSSR count). The second-order valence-electron chi connectivity index (χ2n) is 5.20. The van der Waals surface area contributed by atoms with Crippen LogP contribution in [0.15, 0.2) is 0 Å². The second-order valence-corrected chi connectivity index (χ2v) is 6.92. The first-order valence-electron chi connectivity index (χ1n) is 6.83. The summed E-state index contributed by atoms with van der Waals surface area (Å²) in [6.07, 6.45) is 6.43. The van der Waals surface area contributed by atoms with Gasteiger partial charge in [0, 0.05) is 42.0 Å². The number of likely N-dealkylation sites (tertiary alicyclic amines) is 1. The fourth-order valence-corrected chi connectivity index (χ4v) is 4.19. The monoisotopic (exact) mass is 271 g/mol. The van der Waals surface area contributed by atoms with Crippen molar-refractivity contribution in [2.45, 2.75) is 50.2 Å². The van der Waals surface area contributed by atoms with E-state index in [-0.39, 0.29) is 22.7 Å². The molecule has 0 radical (unpaired) electrons. The number of ketones is 1. The lowest BCUT2D eigenvalue weighted by Gasteiger charge is -2.27. The van der Waals surface area contributed by atoms with E-state index in [0.29, 0.717) is 25.9 Å². The van der Waals surface area contributed by atoms with Crippen LogP contribution in [0.1, 0.15) is 44.9 Å². The van der Waals surface area contributed by atoms with Crippen LogP contribution in [0.5, 0.6) is 0 Å². The second kappa shape index (κ2) is 6.45. The number of carbonyl (C=O) groups is 2. The molecule has 1 unspecified atom stereocenters. The molecular weight excluding hydrogens is 250 g/mol. The van der Waals surface area contributed by atoms with Gasteiger partial charge in [0.25, 0.3) is 0 Å². The Balaban J connectivity index is 1.79. The molecule has 0 aromatic carbocycles. The average Bonchev–Trinajstić information content (AvgIpc) is 2.40. The van der Waals surface area contributed by atoms with Gasteiger partial charge in [-0.15, -0.1) is 0 Å². The molecule has 102 valence electrons. The Hall–Kier alpha value is -0.710. The Morgan fingerprint density at radius 3 is 2.39 bits per heavy atom. The van der Waals surface area contributed by atoms with Crippen LogP contribution >= 0.6 is 0 Å². The summed E-state index contributed by atoms with van der Waals surface area (Å²) in [5, 5.41) is 0.217. The number of amides is 1. The Bertz CT molecular complexity index is 340. The van der Waals surface area contributed by atoms with Gasteiger partial charge in [-0.25, -0.2) is 0 Å². The molecule has 1 atom stereocenters. The molecule has 0 bridgehead atoms. The molecular formula is C13H21NO3S. The number of hydrogen-bond donors (Lipinski definition) is 0. The highest BCUT2D eigenvalue weighted by atomic mass is 32.2. The van der Waals surface area contributed by atoms with Crippen molar-refractivity contribution in [3.63, 3.8) is 0 Å².